The number of hydrogen-bond acceptors (Lipinski definition) is 6. The molecule has 6 nitrogen and oxygen atoms in total. The van der Waals surface area contributed by atoms with E-state index in [1.165, 1.54) is 12.8 Å². The molecule has 0 spiro atoms. The predicted octanol–water partition coefficient (Wildman–Crippen LogP) is -0.189. The van der Waals surface area contributed by atoms with Crippen LogP contribution in [0.2, 0.25) is 0 Å². The Bertz CT molecular complexity index is 260. The van der Waals surface area contributed by atoms with E-state index in [0.29, 0.717) is 13.0 Å². The second-order valence-electron chi connectivity index (χ2n) is 5.59. The molecule has 0 saturated carbocycles. The highest BCUT2D eigenvalue weighted by Crippen LogP contribution is 2.15. The molecule has 1 fully saturated rings. The van der Waals surface area contributed by atoms with Crippen molar-refractivity contribution in [1.29, 1.82) is 0 Å². The number of nitrogens with one attached hydrogen (secondary N) is 1. The first-order valence-electron chi connectivity index (χ1n) is 7.59. The van der Waals surface area contributed by atoms with Gasteiger partial charge in [0.1, 0.15) is 6.10 Å². The molecule has 21 heavy (non-hydrogen) atoms. The largest absolute Gasteiger partial charge is 0.391 e. The summed E-state index contributed by atoms with van der Waals surface area (Å²) in [5.74, 6) is 0. The van der Waals surface area contributed by atoms with Crippen molar-refractivity contribution < 1.29 is 25.2 Å². The Hall–Kier alpha value is 0.0500. The smallest absolute Gasteiger partial charge is 0.108 e. The molecule has 7 heteroatoms. The maximum atomic E-state index is 9.85. The number of β-amino-alcohol motifs (C(OH)–C–C–N with tert-alkyl or cyclic N) is 1. The van der Waals surface area contributed by atoms with E-state index in [1.807, 2.05) is 0 Å². The zero-order valence-electron chi connectivity index (χ0n) is 12.6. The molecule has 0 amide bonds. The molecule has 1 saturated heterocycles. The van der Waals surface area contributed by atoms with Gasteiger partial charge in [0, 0.05) is 19.2 Å². The van der Waals surface area contributed by atoms with Crippen molar-refractivity contribution in [2.45, 2.75) is 69.5 Å². The summed E-state index contributed by atoms with van der Waals surface area (Å²) in [4.78, 5) is 0. The van der Waals surface area contributed by atoms with Gasteiger partial charge in [-0.25, -0.2) is 0 Å². The van der Waals surface area contributed by atoms with Crippen LogP contribution in [0.3, 0.4) is 0 Å². The van der Waals surface area contributed by atoms with Gasteiger partial charge in [-0.1, -0.05) is 26.2 Å². The normalized spacial score (nSPS) is 30.7. The van der Waals surface area contributed by atoms with Crippen molar-refractivity contribution in [1.82, 2.24) is 5.32 Å². The van der Waals surface area contributed by atoms with Gasteiger partial charge in [-0.05, 0) is 12.8 Å². The summed E-state index contributed by atoms with van der Waals surface area (Å²) in [6, 6.07) is -0.424. The van der Waals surface area contributed by atoms with Gasteiger partial charge in [-0.15, -0.1) is 12.4 Å². The quantitative estimate of drug-likeness (QED) is 0.376. The highest BCUT2D eigenvalue weighted by atomic mass is 35.5. The Balaban J connectivity index is 0.00000400. The topological polar surface area (TPSA) is 102 Å². The number of aliphatic hydroxyl groups excluding tert-OH is 4. The fourth-order valence-electron chi connectivity index (χ4n) is 2.41. The summed E-state index contributed by atoms with van der Waals surface area (Å²) < 4.78 is 5.40. The fraction of sp³-hybridized carbons (Fsp3) is 1.00. The van der Waals surface area contributed by atoms with E-state index in [-0.39, 0.29) is 25.6 Å². The third-order valence-corrected chi connectivity index (χ3v) is 3.72. The van der Waals surface area contributed by atoms with Gasteiger partial charge >= 0.3 is 0 Å². The Morgan fingerprint density at radius 2 is 1.86 bits per heavy atom. The molecule has 5 atom stereocenters. The van der Waals surface area contributed by atoms with Gasteiger partial charge in [-0.2, -0.15) is 0 Å². The second-order valence-corrected chi connectivity index (χ2v) is 5.59. The Labute approximate surface area is 132 Å². The number of hydrogen-bond donors (Lipinski definition) is 5. The number of ether oxygens (including phenoxy) is 1. The molecule has 0 radical (unpaired) electrons. The van der Waals surface area contributed by atoms with Crippen molar-refractivity contribution in [2.24, 2.45) is 0 Å². The summed E-state index contributed by atoms with van der Waals surface area (Å²) >= 11 is 0. The highest BCUT2D eigenvalue weighted by Gasteiger charge is 2.36. The summed E-state index contributed by atoms with van der Waals surface area (Å²) in [5, 5.41) is 41.5. The van der Waals surface area contributed by atoms with E-state index in [4.69, 9.17) is 4.74 Å². The van der Waals surface area contributed by atoms with E-state index in [0.717, 1.165) is 12.8 Å². The molecule has 1 heterocycles. The average Bonchev–Trinajstić information content (AvgIpc) is 2.43. The molecule has 0 aliphatic carbocycles. The summed E-state index contributed by atoms with van der Waals surface area (Å²) in [6.07, 6.45) is 0.923. The number of piperidine rings is 1. The van der Waals surface area contributed by atoms with Crippen LogP contribution in [0.25, 0.3) is 0 Å². The molecule has 0 aromatic carbocycles. The maximum absolute atomic E-state index is 9.85. The van der Waals surface area contributed by atoms with E-state index >= 15 is 0 Å². The summed E-state index contributed by atoms with van der Waals surface area (Å²) in [6.45, 7) is 3.24. The van der Waals surface area contributed by atoms with E-state index in [2.05, 4.69) is 12.2 Å². The van der Waals surface area contributed by atoms with Crippen LogP contribution in [0.15, 0.2) is 0 Å². The Kier molecular flexibility index (Phi) is 11.6. The zero-order chi connectivity index (χ0) is 15.0. The van der Waals surface area contributed by atoms with Crippen molar-refractivity contribution in [3.05, 3.63) is 0 Å². The van der Waals surface area contributed by atoms with Crippen LogP contribution in [0.5, 0.6) is 0 Å². The number of halogens is 1. The van der Waals surface area contributed by atoms with Crippen LogP contribution in [0.1, 0.15) is 39.0 Å². The predicted molar refractivity (Wildman–Crippen MR) is 82.6 cm³/mol. The van der Waals surface area contributed by atoms with Crippen LogP contribution in [0, 0.1) is 0 Å². The van der Waals surface area contributed by atoms with Crippen LogP contribution >= 0.6 is 12.4 Å². The van der Waals surface area contributed by atoms with E-state index in [1.54, 1.807) is 0 Å². The molecule has 0 aromatic heterocycles. The first kappa shape index (κ1) is 21.0. The molecule has 1 aliphatic heterocycles. The summed E-state index contributed by atoms with van der Waals surface area (Å²) in [7, 11) is 0. The standard InChI is InChI=1S/C14H29NO5.ClH/c1-2-3-4-5-6-20-9-10(16)7-11-13(18)14(19)12(17)8-15-11;/h10-19H,2-9H2,1H3;1H/t10-,11+,12+,13-,14-;/m0./s1. The van der Waals surface area contributed by atoms with Crippen molar-refractivity contribution in [2.75, 3.05) is 19.8 Å². The van der Waals surface area contributed by atoms with Gasteiger partial charge in [0.15, 0.2) is 0 Å². The Morgan fingerprint density at radius 3 is 2.52 bits per heavy atom. The fourth-order valence-corrected chi connectivity index (χ4v) is 2.41. The maximum Gasteiger partial charge on any atom is 0.108 e. The minimum atomic E-state index is -1.16. The van der Waals surface area contributed by atoms with Gasteiger partial charge in [-0.3, -0.25) is 0 Å². The molecule has 128 valence electrons. The van der Waals surface area contributed by atoms with Gasteiger partial charge in [0.05, 0.1) is 24.9 Å². The Morgan fingerprint density at radius 1 is 1.14 bits per heavy atom. The lowest BCUT2D eigenvalue weighted by atomic mass is 9.92. The molecule has 0 aromatic rings. The van der Waals surface area contributed by atoms with Crippen LogP contribution in [0.4, 0.5) is 0 Å². The molecular weight excluding hydrogens is 298 g/mol. The van der Waals surface area contributed by atoms with Crippen LogP contribution in [-0.4, -0.2) is 70.6 Å². The van der Waals surface area contributed by atoms with Crippen LogP contribution in [-0.2, 0) is 4.74 Å². The monoisotopic (exact) mass is 327 g/mol. The van der Waals surface area contributed by atoms with Gasteiger partial charge in [0.2, 0.25) is 0 Å². The van der Waals surface area contributed by atoms with Crippen LogP contribution < -0.4 is 5.32 Å². The lowest BCUT2D eigenvalue weighted by Crippen LogP contribution is -2.60. The molecular formula is C14H30ClNO5. The lowest BCUT2D eigenvalue weighted by Gasteiger charge is -2.37. The van der Waals surface area contributed by atoms with E-state index in [9.17, 15) is 20.4 Å². The first-order chi connectivity index (χ1) is 9.56. The molecule has 1 rings (SSSR count). The molecule has 0 unspecified atom stereocenters. The van der Waals surface area contributed by atoms with Gasteiger partial charge < -0.3 is 30.5 Å². The van der Waals surface area contributed by atoms with Crippen molar-refractivity contribution in [3.63, 3.8) is 0 Å². The number of rotatable bonds is 9. The third-order valence-electron chi connectivity index (χ3n) is 3.72. The molecule has 1 aliphatic rings. The molecule has 0 bridgehead atoms. The highest BCUT2D eigenvalue weighted by molar-refractivity contribution is 5.85. The number of unbranched alkanes of at least 4 members (excludes halogenated alkanes) is 3. The third kappa shape index (κ3) is 7.74. The van der Waals surface area contributed by atoms with Gasteiger partial charge in [0.25, 0.3) is 0 Å². The lowest BCUT2D eigenvalue weighted by molar-refractivity contribution is -0.102. The number of aliphatic hydroxyl groups is 4. The minimum Gasteiger partial charge on any atom is -0.391 e. The summed E-state index contributed by atoms with van der Waals surface area (Å²) in [5.41, 5.74) is 0. The minimum absolute atomic E-state index is 0. The van der Waals surface area contributed by atoms with Crippen molar-refractivity contribution >= 4 is 12.4 Å². The van der Waals surface area contributed by atoms with Crippen molar-refractivity contribution in [3.8, 4) is 0 Å². The average molecular weight is 328 g/mol. The zero-order valence-corrected chi connectivity index (χ0v) is 13.5. The van der Waals surface area contributed by atoms with E-state index < -0.39 is 30.5 Å². The second kappa shape index (κ2) is 11.6. The first-order valence-corrected chi connectivity index (χ1v) is 7.59. The SMILES string of the molecule is CCCCCCOC[C@@H](O)C[C@H]1NC[C@@H](O)[C@H](O)[C@H]1O.Cl. The molecule has 5 N–H and O–H groups in total.